The molecule has 0 saturated heterocycles. The number of anilines is 1. The fraction of sp³-hybridized carbons (Fsp3) is 0.421. The van der Waals surface area contributed by atoms with Gasteiger partial charge in [-0.1, -0.05) is 19.1 Å². The van der Waals surface area contributed by atoms with Crippen molar-refractivity contribution in [2.75, 3.05) is 11.9 Å². The molecule has 7 heteroatoms. The molecule has 3 N–H and O–H groups in total. The van der Waals surface area contributed by atoms with Gasteiger partial charge in [0, 0.05) is 30.7 Å². The summed E-state index contributed by atoms with van der Waals surface area (Å²) in [5.74, 6) is 1.45. The number of hydrogen-bond donors (Lipinski definition) is 3. The van der Waals surface area contributed by atoms with Crippen LogP contribution in [-0.4, -0.2) is 34.2 Å². The van der Waals surface area contributed by atoms with Crippen molar-refractivity contribution >= 4 is 17.6 Å². The first-order valence-corrected chi connectivity index (χ1v) is 9.05. The minimum atomic E-state index is -0.105. The fourth-order valence-corrected chi connectivity index (χ4v) is 2.68. The molecule has 0 aliphatic heterocycles. The van der Waals surface area contributed by atoms with Crippen LogP contribution in [0.3, 0.4) is 0 Å². The van der Waals surface area contributed by atoms with E-state index in [0.29, 0.717) is 18.5 Å². The standard InChI is InChI=1S/C19H26N6O/c1-3-20-19(24-17-10-14(17)2)21-12-15-6-4-7-16(11-15)23-18(26)13-25-9-5-8-22-25/h4-9,11,14,17H,3,10,12-13H2,1-2H3,(H,23,26)(H2,20,21,24). The molecule has 3 rings (SSSR count). The van der Waals surface area contributed by atoms with Crippen LogP contribution in [0.25, 0.3) is 0 Å². The summed E-state index contributed by atoms with van der Waals surface area (Å²) in [6.07, 6.45) is 4.62. The van der Waals surface area contributed by atoms with Gasteiger partial charge in [-0.2, -0.15) is 5.10 Å². The third-order valence-corrected chi connectivity index (χ3v) is 4.27. The van der Waals surface area contributed by atoms with Crippen molar-refractivity contribution in [2.45, 2.75) is 39.4 Å². The number of nitrogens with zero attached hydrogens (tertiary/aromatic N) is 3. The van der Waals surface area contributed by atoms with E-state index in [9.17, 15) is 4.79 Å². The van der Waals surface area contributed by atoms with E-state index in [1.165, 1.54) is 6.42 Å². The molecule has 138 valence electrons. The average Bonchev–Trinajstić information content (AvgIpc) is 3.07. The van der Waals surface area contributed by atoms with Gasteiger partial charge >= 0.3 is 0 Å². The van der Waals surface area contributed by atoms with Gasteiger partial charge in [0.15, 0.2) is 5.96 Å². The van der Waals surface area contributed by atoms with Crippen molar-refractivity contribution in [3.05, 3.63) is 48.3 Å². The maximum absolute atomic E-state index is 12.1. The lowest BCUT2D eigenvalue weighted by Crippen LogP contribution is -2.39. The van der Waals surface area contributed by atoms with Gasteiger partial charge in [-0.05, 0) is 43.0 Å². The summed E-state index contributed by atoms with van der Waals surface area (Å²) < 4.78 is 1.59. The topological polar surface area (TPSA) is 83.3 Å². The second-order valence-corrected chi connectivity index (χ2v) is 6.61. The highest BCUT2D eigenvalue weighted by molar-refractivity contribution is 5.90. The molecule has 2 aromatic rings. The number of carbonyl (C=O) groups is 1. The van der Waals surface area contributed by atoms with Crippen LogP contribution in [0.15, 0.2) is 47.7 Å². The molecular formula is C19H26N6O. The Labute approximate surface area is 153 Å². The van der Waals surface area contributed by atoms with Crippen molar-refractivity contribution in [1.82, 2.24) is 20.4 Å². The zero-order valence-corrected chi connectivity index (χ0v) is 15.3. The van der Waals surface area contributed by atoms with Crippen LogP contribution >= 0.6 is 0 Å². The van der Waals surface area contributed by atoms with Gasteiger partial charge in [0.25, 0.3) is 0 Å². The summed E-state index contributed by atoms with van der Waals surface area (Å²) in [4.78, 5) is 16.7. The fourth-order valence-electron chi connectivity index (χ4n) is 2.68. The van der Waals surface area contributed by atoms with E-state index < -0.39 is 0 Å². The van der Waals surface area contributed by atoms with Crippen molar-refractivity contribution in [2.24, 2.45) is 10.9 Å². The van der Waals surface area contributed by atoms with Gasteiger partial charge in [-0.3, -0.25) is 9.48 Å². The number of aliphatic imine (C=N–C) groups is 1. The molecule has 1 aromatic heterocycles. The summed E-state index contributed by atoms with van der Waals surface area (Å²) in [7, 11) is 0. The number of benzene rings is 1. The minimum absolute atomic E-state index is 0.105. The van der Waals surface area contributed by atoms with Gasteiger partial charge in [0.05, 0.1) is 6.54 Å². The number of guanidine groups is 1. The summed E-state index contributed by atoms with van der Waals surface area (Å²) in [6.45, 7) is 5.87. The molecule has 1 saturated carbocycles. The summed E-state index contributed by atoms with van der Waals surface area (Å²) in [5.41, 5.74) is 1.81. The van der Waals surface area contributed by atoms with Crippen LogP contribution in [0.1, 0.15) is 25.8 Å². The summed E-state index contributed by atoms with van der Waals surface area (Å²) in [6, 6.07) is 10.1. The smallest absolute Gasteiger partial charge is 0.246 e. The minimum Gasteiger partial charge on any atom is -0.357 e. The van der Waals surface area contributed by atoms with Gasteiger partial charge in [-0.15, -0.1) is 0 Å². The molecule has 1 aliphatic rings. The molecule has 2 atom stereocenters. The predicted octanol–water partition coefficient (Wildman–Crippen LogP) is 1.99. The summed E-state index contributed by atoms with van der Waals surface area (Å²) in [5, 5.41) is 13.7. The number of amides is 1. The van der Waals surface area contributed by atoms with Crippen LogP contribution in [0.2, 0.25) is 0 Å². The van der Waals surface area contributed by atoms with E-state index in [4.69, 9.17) is 0 Å². The quantitative estimate of drug-likeness (QED) is 0.524. The Hall–Kier alpha value is -2.83. The Bertz CT molecular complexity index is 755. The molecule has 1 heterocycles. The third kappa shape index (κ3) is 5.34. The third-order valence-electron chi connectivity index (χ3n) is 4.27. The van der Waals surface area contributed by atoms with Crippen LogP contribution in [0.5, 0.6) is 0 Å². The van der Waals surface area contributed by atoms with E-state index in [1.54, 1.807) is 23.1 Å². The Morgan fingerprint density at radius 2 is 2.23 bits per heavy atom. The maximum Gasteiger partial charge on any atom is 0.246 e. The second-order valence-electron chi connectivity index (χ2n) is 6.61. The van der Waals surface area contributed by atoms with Crippen molar-refractivity contribution in [3.8, 4) is 0 Å². The highest BCUT2D eigenvalue weighted by atomic mass is 16.2. The zero-order valence-electron chi connectivity index (χ0n) is 15.3. The SMILES string of the molecule is CCNC(=NCc1cccc(NC(=O)Cn2cccn2)c1)NC1CC1C. The monoisotopic (exact) mass is 354 g/mol. The Kier molecular flexibility index (Phi) is 5.88. The molecule has 7 nitrogen and oxygen atoms in total. The number of nitrogens with one attached hydrogen (secondary N) is 3. The molecule has 1 aliphatic carbocycles. The van der Waals surface area contributed by atoms with Crippen molar-refractivity contribution in [3.63, 3.8) is 0 Å². The van der Waals surface area contributed by atoms with E-state index >= 15 is 0 Å². The van der Waals surface area contributed by atoms with Gasteiger partial charge < -0.3 is 16.0 Å². The van der Waals surface area contributed by atoms with Crippen LogP contribution in [0.4, 0.5) is 5.69 Å². The van der Waals surface area contributed by atoms with E-state index in [0.717, 1.165) is 23.8 Å². The largest absolute Gasteiger partial charge is 0.357 e. The van der Waals surface area contributed by atoms with Crippen LogP contribution in [0, 0.1) is 5.92 Å². The van der Waals surface area contributed by atoms with Crippen molar-refractivity contribution < 1.29 is 4.79 Å². The highest BCUT2D eigenvalue weighted by Crippen LogP contribution is 2.28. The normalized spacial score (nSPS) is 19.1. The highest BCUT2D eigenvalue weighted by Gasteiger charge is 2.33. The molecule has 26 heavy (non-hydrogen) atoms. The molecule has 0 spiro atoms. The van der Waals surface area contributed by atoms with E-state index in [1.807, 2.05) is 24.3 Å². The molecule has 0 bridgehead atoms. The molecule has 1 aromatic carbocycles. The number of aromatic nitrogens is 2. The first-order chi connectivity index (χ1) is 12.6. The lowest BCUT2D eigenvalue weighted by atomic mass is 10.2. The zero-order chi connectivity index (χ0) is 18.4. The average molecular weight is 354 g/mol. The van der Waals surface area contributed by atoms with Crippen molar-refractivity contribution in [1.29, 1.82) is 0 Å². The molecular weight excluding hydrogens is 328 g/mol. The maximum atomic E-state index is 12.1. The summed E-state index contributed by atoms with van der Waals surface area (Å²) >= 11 is 0. The first kappa shape index (κ1) is 18.0. The number of hydrogen-bond acceptors (Lipinski definition) is 3. The Morgan fingerprint density at radius 1 is 1.38 bits per heavy atom. The van der Waals surface area contributed by atoms with Crippen LogP contribution in [-0.2, 0) is 17.9 Å². The predicted molar refractivity (Wildman–Crippen MR) is 103 cm³/mol. The van der Waals surface area contributed by atoms with Crippen LogP contribution < -0.4 is 16.0 Å². The van der Waals surface area contributed by atoms with Gasteiger partial charge in [-0.25, -0.2) is 4.99 Å². The molecule has 1 fully saturated rings. The Morgan fingerprint density at radius 3 is 2.92 bits per heavy atom. The van der Waals surface area contributed by atoms with E-state index in [-0.39, 0.29) is 12.5 Å². The molecule has 2 unspecified atom stereocenters. The van der Waals surface area contributed by atoms with Gasteiger partial charge in [0.2, 0.25) is 5.91 Å². The second kappa shape index (κ2) is 8.51. The van der Waals surface area contributed by atoms with Gasteiger partial charge in [0.1, 0.15) is 6.54 Å². The number of rotatable bonds is 7. The first-order valence-electron chi connectivity index (χ1n) is 9.05. The lowest BCUT2D eigenvalue weighted by Gasteiger charge is -2.11. The molecule has 1 amide bonds. The lowest BCUT2D eigenvalue weighted by molar-refractivity contribution is -0.116. The van der Waals surface area contributed by atoms with E-state index in [2.05, 4.69) is 39.9 Å². The Balaban J connectivity index is 1.57. The number of carbonyl (C=O) groups excluding carboxylic acids is 1. The molecule has 0 radical (unpaired) electrons.